The third-order valence-electron chi connectivity index (χ3n) is 10.0. The molecule has 48 heavy (non-hydrogen) atoms. The highest BCUT2D eigenvalue weighted by molar-refractivity contribution is 7.29. The standard InChI is InChI=1S/C40H28B2N2O2S2/c1-5-17-29(18-6-1)41(30-19-7-2-8-20-30)43-37(33-25-13-15-27-35(33)45-41)47-40-39(43)48-38-34-26-14-16-28-36(34)46-42(44(38)40,31-21-9-3-10-22-31)32-23-11-4-12-24-32/h1-28H. The number of hydrogen-bond donors (Lipinski definition) is 0. The summed E-state index contributed by atoms with van der Waals surface area (Å²) >= 11 is 3.66. The van der Waals surface area contributed by atoms with Crippen molar-refractivity contribution in [3.05, 3.63) is 170 Å². The van der Waals surface area contributed by atoms with Crippen LogP contribution >= 0.6 is 22.7 Å². The Kier molecular flexibility index (Phi) is 6.07. The first-order chi connectivity index (χ1) is 23.8. The highest BCUT2D eigenvalue weighted by Gasteiger charge is 2.57. The van der Waals surface area contributed by atoms with Gasteiger partial charge in [-0.2, -0.15) is 0 Å². The fraction of sp³-hybridized carbons (Fsp3) is 0. The molecule has 0 bridgehead atoms. The summed E-state index contributed by atoms with van der Waals surface area (Å²) in [5, 5.41) is 2.34. The second-order valence-electron chi connectivity index (χ2n) is 12.5. The second-order valence-corrected chi connectivity index (χ2v) is 14.5. The average molecular weight is 654 g/mol. The molecule has 2 aliphatic heterocycles. The molecule has 0 aliphatic carbocycles. The Hall–Kier alpha value is -5.43. The molecule has 4 nitrogen and oxygen atoms in total. The molecule has 0 atom stereocenters. The normalized spacial score (nSPS) is 14.9. The second kappa shape index (κ2) is 10.5. The van der Waals surface area contributed by atoms with E-state index in [0.29, 0.717) is 0 Å². The van der Waals surface area contributed by atoms with Gasteiger partial charge in [0.15, 0.2) is 0 Å². The highest BCUT2D eigenvalue weighted by Crippen LogP contribution is 2.45. The summed E-state index contributed by atoms with van der Waals surface area (Å²) in [4.78, 5) is 2.32. The number of aromatic nitrogens is 2. The van der Waals surface area contributed by atoms with Crippen molar-refractivity contribution in [1.29, 1.82) is 0 Å². The Balaban J connectivity index is 1.40. The van der Waals surface area contributed by atoms with Crippen molar-refractivity contribution in [2.75, 3.05) is 0 Å². The third kappa shape index (κ3) is 3.73. The van der Waals surface area contributed by atoms with Crippen LogP contribution in [0.4, 0.5) is 0 Å². The number of nitrogens with zero attached hydrogens (tertiary/aromatic N) is 2. The molecular weight excluding hydrogens is 626 g/mol. The summed E-state index contributed by atoms with van der Waals surface area (Å²) in [6.07, 6.45) is 0. The molecule has 4 heterocycles. The number of rotatable bonds is 4. The SMILES string of the molecule is c1ccc([B-]2(c3ccccc3)Oc3ccccc3-c3sc4c(sc5[n+]4[B-](c4ccccc4)(c4ccccc4)Oc4ccccc4-5)[n+]32)cc1. The molecule has 8 heteroatoms. The van der Waals surface area contributed by atoms with Gasteiger partial charge in [-0.15, -0.1) is 0 Å². The lowest BCUT2D eigenvalue weighted by Crippen LogP contribution is -2.84. The predicted octanol–water partition coefficient (Wildman–Crippen LogP) is 5.87. The van der Waals surface area contributed by atoms with Gasteiger partial charge >= 0.3 is 13.0 Å². The molecule has 2 aliphatic rings. The van der Waals surface area contributed by atoms with Crippen molar-refractivity contribution in [1.82, 2.24) is 0 Å². The fourth-order valence-corrected chi connectivity index (χ4v) is 11.0. The van der Waals surface area contributed by atoms with Crippen LogP contribution in [0, 0.1) is 0 Å². The molecule has 6 aromatic carbocycles. The van der Waals surface area contributed by atoms with Crippen LogP contribution in [0.3, 0.4) is 0 Å². The van der Waals surface area contributed by atoms with Crippen molar-refractivity contribution < 1.29 is 18.3 Å². The molecule has 228 valence electrons. The van der Waals surface area contributed by atoms with E-state index in [2.05, 4.69) is 179 Å². The lowest BCUT2D eigenvalue weighted by molar-refractivity contribution is -0.522. The molecule has 2 aromatic heterocycles. The molecular formula is C40H28B2N2O2S2. The monoisotopic (exact) mass is 654 g/mol. The summed E-state index contributed by atoms with van der Waals surface area (Å²) < 4.78 is 19.9. The van der Waals surface area contributed by atoms with E-state index < -0.39 is 13.0 Å². The van der Waals surface area contributed by atoms with Crippen molar-refractivity contribution in [3.8, 4) is 32.6 Å². The molecule has 10 rings (SSSR count). The molecule has 8 aromatic rings. The van der Waals surface area contributed by atoms with Gasteiger partial charge in [0.2, 0.25) is 10.0 Å². The van der Waals surface area contributed by atoms with Crippen LogP contribution in [0.2, 0.25) is 0 Å². The fourth-order valence-electron chi connectivity index (χ4n) is 7.96. The number of hydrogen-bond acceptors (Lipinski definition) is 4. The van der Waals surface area contributed by atoms with Crippen LogP contribution < -0.4 is 40.1 Å². The summed E-state index contributed by atoms with van der Waals surface area (Å²) in [6, 6.07) is 59.9. The maximum Gasteiger partial charge on any atom is 0.515 e. The van der Waals surface area contributed by atoms with E-state index in [1.54, 1.807) is 0 Å². The van der Waals surface area contributed by atoms with E-state index in [0.717, 1.165) is 54.1 Å². The number of fused-ring (bicyclic) bond motifs is 9. The third-order valence-corrected chi connectivity index (χ3v) is 12.5. The smallest absolute Gasteiger partial charge is 0.515 e. The zero-order chi connectivity index (χ0) is 31.7. The lowest BCUT2D eigenvalue weighted by Gasteiger charge is -2.40. The van der Waals surface area contributed by atoms with Crippen LogP contribution in [-0.4, -0.2) is 13.0 Å². The van der Waals surface area contributed by atoms with Crippen molar-refractivity contribution in [2.45, 2.75) is 0 Å². The van der Waals surface area contributed by atoms with Crippen LogP contribution in [0.1, 0.15) is 0 Å². The van der Waals surface area contributed by atoms with E-state index in [-0.39, 0.29) is 0 Å². The van der Waals surface area contributed by atoms with E-state index in [9.17, 15) is 0 Å². The molecule has 0 saturated heterocycles. The van der Waals surface area contributed by atoms with Crippen LogP contribution in [0.25, 0.3) is 30.8 Å². The van der Waals surface area contributed by atoms with Gasteiger partial charge in [-0.25, -0.2) is 0 Å². The van der Waals surface area contributed by atoms with Crippen LogP contribution in [0.15, 0.2) is 170 Å². The van der Waals surface area contributed by atoms with E-state index >= 15 is 0 Å². The van der Waals surface area contributed by atoms with Gasteiger partial charge < -0.3 is 18.3 Å². The van der Waals surface area contributed by atoms with Gasteiger partial charge in [0, 0.05) is 0 Å². The molecule has 0 spiro atoms. The van der Waals surface area contributed by atoms with Crippen molar-refractivity contribution in [3.63, 3.8) is 0 Å². The van der Waals surface area contributed by atoms with E-state index in [1.807, 2.05) is 22.7 Å². The van der Waals surface area contributed by atoms with Gasteiger partial charge in [0.1, 0.15) is 0 Å². The molecule has 0 saturated carbocycles. The number of thiazole rings is 2. The Morgan fingerprint density at radius 2 is 0.646 bits per heavy atom. The predicted molar refractivity (Wildman–Crippen MR) is 199 cm³/mol. The number of para-hydroxylation sites is 2. The van der Waals surface area contributed by atoms with Gasteiger partial charge in [0.05, 0.1) is 22.6 Å². The number of benzene rings is 6. The molecule has 0 N–H and O–H groups in total. The Morgan fingerprint density at radius 1 is 0.354 bits per heavy atom. The minimum absolute atomic E-state index is 0.891. The maximum atomic E-state index is 7.41. The zero-order valence-corrected chi connectivity index (χ0v) is 27.5. The molecule has 0 radical (unpaired) electrons. The molecule has 0 unspecified atom stereocenters. The van der Waals surface area contributed by atoms with E-state index in [1.165, 1.54) is 10.0 Å². The Morgan fingerprint density at radius 3 is 0.979 bits per heavy atom. The Labute approximate surface area is 286 Å². The Bertz CT molecular complexity index is 2210. The van der Waals surface area contributed by atoms with Crippen molar-refractivity contribution >= 4 is 67.2 Å². The highest BCUT2D eigenvalue weighted by atomic mass is 32.1. The first-order valence-corrected chi connectivity index (χ1v) is 17.9. The van der Waals surface area contributed by atoms with Gasteiger partial charge in [-0.1, -0.05) is 167 Å². The van der Waals surface area contributed by atoms with Gasteiger partial charge in [-0.05, 0) is 46.9 Å². The minimum atomic E-state index is -1.94. The van der Waals surface area contributed by atoms with Crippen LogP contribution in [0.5, 0.6) is 11.5 Å². The van der Waals surface area contributed by atoms with Gasteiger partial charge in [0.25, 0.3) is 9.66 Å². The largest absolute Gasteiger partial charge is 0.650 e. The summed E-state index contributed by atoms with van der Waals surface area (Å²) in [7, 11) is 0. The first-order valence-electron chi connectivity index (χ1n) is 16.3. The summed E-state index contributed by atoms with van der Waals surface area (Å²) in [5.41, 5.74) is 6.69. The van der Waals surface area contributed by atoms with E-state index in [4.69, 9.17) is 9.31 Å². The molecule has 0 fully saturated rings. The van der Waals surface area contributed by atoms with Gasteiger partial charge in [-0.3, -0.25) is 0 Å². The topological polar surface area (TPSA) is 26.2 Å². The zero-order valence-electron chi connectivity index (χ0n) is 25.8. The molecule has 0 amide bonds. The van der Waals surface area contributed by atoms with Crippen molar-refractivity contribution in [2.24, 2.45) is 0 Å². The van der Waals surface area contributed by atoms with Crippen LogP contribution in [-0.2, 0) is 0 Å². The lowest BCUT2D eigenvalue weighted by atomic mass is 9.40. The minimum Gasteiger partial charge on any atom is -0.650 e. The summed E-state index contributed by atoms with van der Waals surface area (Å²) in [6.45, 7) is -3.87. The summed E-state index contributed by atoms with van der Waals surface area (Å²) in [5.74, 6) is 1.78. The maximum absolute atomic E-state index is 7.41. The average Bonchev–Trinajstić information content (AvgIpc) is 3.73. The first kappa shape index (κ1) is 27.7. The quantitative estimate of drug-likeness (QED) is 0.222.